The van der Waals surface area contributed by atoms with Gasteiger partial charge in [-0.25, -0.2) is 9.37 Å². The van der Waals surface area contributed by atoms with E-state index in [4.69, 9.17) is 4.74 Å². The van der Waals surface area contributed by atoms with Crippen molar-refractivity contribution >= 4 is 0 Å². The topological polar surface area (TPSA) is 39.1 Å². The van der Waals surface area contributed by atoms with Gasteiger partial charge < -0.3 is 14.6 Å². The number of benzene rings is 1. The van der Waals surface area contributed by atoms with E-state index in [1.54, 1.807) is 12.4 Å². The van der Waals surface area contributed by atoms with Crippen molar-refractivity contribution in [2.75, 3.05) is 7.11 Å². The summed E-state index contributed by atoms with van der Waals surface area (Å²) in [4.78, 5) is 4.24. The second-order valence-corrected chi connectivity index (χ2v) is 5.56. The van der Waals surface area contributed by atoms with E-state index < -0.39 is 0 Å². The first-order chi connectivity index (χ1) is 10.2. The fraction of sp³-hybridized carbons (Fsp3) is 0.438. The molecule has 2 aromatic rings. The third-order valence-corrected chi connectivity index (χ3v) is 4.05. The van der Waals surface area contributed by atoms with Crippen molar-refractivity contribution in [1.82, 2.24) is 14.9 Å². The molecule has 21 heavy (non-hydrogen) atoms. The molecule has 1 N–H and O–H groups in total. The van der Waals surface area contributed by atoms with Gasteiger partial charge in [0.1, 0.15) is 0 Å². The number of imidazole rings is 1. The first-order valence-electron chi connectivity index (χ1n) is 7.31. The quantitative estimate of drug-likeness (QED) is 0.943. The molecular formula is C16H20FN3O. The molecule has 4 nitrogen and oxygen atoms in total. The zero-order chi connectivity index (χ0) is 14.8. The molecule has 0 saturated carbocycles. The summed E-state index contributed by atoms with van der Waals surface area (Å²) in [5.74, 6) is -0.107. The number of nitrogens with one attached hydrogen (secondary N) is 1. The lowest BCUT2D eigenvalue weighted by Gasteiger charge is -2.29. The van der Waals surface area contributed by atoms with Crippen molar-refractivity contribution in [1.29, 1.82) is 0 Å². The second kappa shape index (κ2) is 5.85. The lowest BCUT2D eigenvalue weighted by Crippen LogP contribution is -2.35. The van der Waals surface area contributed by atoms with Gasteiger partial charge in [-0.1, -0.05) is 0 Å². The number of nitrogens with zero attached hydrogens (tertiary/aromatic N) is 2. The Balaban J connectivity index is 1.93. The lowest BCUT2D eigenvalue weighted by atomic mass is 9.97. The van der Waals surface area contributed by atoms with E-state index in [1.165, 1.54) is 26.0 Å². The predicted molar refractivity (Wildman–Crippen MR) is 79.3 cm³/mol. The largest absolute Gasteiger partial charge is 0.494 e. The van der Waals surface area contributed by atoms with Gasteiger partial charge in [0.2, 0.25) is 0 Å². The molecule has 2 unspecified atom stereocenters. The average molecular weight is 289 g/mol. The number of aromatic nitrogens is 2. The molecule has 1 fully saturated rings. The molecule has 3 rings (SSSR count). The van der Waals surface area contributed by atoms with E-state index in [0.29, 0.717) is 6.04 Å². The summed E-state index contributed by atoms with van der Waals surface area (Å²) in [6.07, 6.45) is 7.06. The number of rotatable bonds is 3. The Bertz CT molecular complexity index is 626. The highest BCUT2D eigenvalue weighted by Gasteiger charge is 2.22. The fourth-order valence-electron chi connectivity index (χ4n) is 2.96. The highest BCUT2D eigenvalue weighted by molar-refractivity contribution is 5.40. The van der Waals surface area contributed by atoms with E-state index >= 15 is 0 Å². The molecule has 1 aromatic carbocycles. The molecule has 5 heteroatoms. The number of hydrogen-bond acceptors (Lipinski definition) is 3. The van der Waals surface area contributed by atoms with Crippen LogP contribution in [0.3, 0.4) is 0 Å². The van der Waals surface area contributed by atoms with Gasteiger partial charge >= 0.3 is 0 Å². The van der Waals surface area contributed by atoms with Crippen LogP contribution in [-0.4, -0.2) is 22.7 Å². The summed E-state index contributed by atoms with van der Waals surface area (Å²) in [5, 5.41) is 3.59. The van der Waals surface area contributed by atoms with Crippen molar-refractivity contribution in [3.05, 3.63) is 42.2 Å². The van der Waals surface area contributed by atoms with Crippen LogP contribution < -0.4 is 10.1 Å². The number of ether oxygens (including phenoxy) is 1. The van der Waals surface area contributed by atoms with Gasteiger partial charge in [0.15, 0.2) is 11.6 Å². The number of halogens is 1. The van der Waals surface area contributed by atoms with Crippen LogP contribution in [-0.2, 0) is 0 Å². The summed E-state index contributed by atoms with van der Waals surface area (Å²) >= 11 is 0. The van der Waals surface area contributed by atoms with E-state index in [2.05, 4.69) is 17.2 Å². The van der Waals surface area contributed by atoms with Gasteiger partial charge in [-0.15, -0.1) is 0 Å². The minimum atomic E-state index is -0.361. The summed E-state index contributed by atoms with van der Waals surface area (Å²) in [6, 6.07) is 5.74. The van der Waals surface area contributed by atoms with Crippen molar-refractivity contribution in [3.63, 3.8) is 0 Å². The van der Waals surface area contributed by atoms with Crippen LogP contribution in [0.15, 0.2) is 30.7 Å². The Kier molecular flexibility index (Phi) is 3.92. The maximum absolute atomic E-state index is 13.9. The van der Waals surface area contributed by atoms with Crippen LogP contribution >= 0.6 is 0 Å². The third kappa shape index (κ3) is 2.78. The summed E-state index contributed by atoms with van der Waals surface area (Å²) in [5.41, 5.74) is 1.84. The van der Waals surface area contributed by atoms with E-state index in [9.17, 15) is 4.39 Å². The van der Waals surface area contributed by atoms with E-state index in [0.717, 1.165) is 17.8 Å². The molecule has 2 heterocycles. The summed E-state index contributed by atoms with van der Waals surface area (Å²) in [6.45, 7) is 2.19. The maximum atomic E-state index is 13.9. The Morgan fingerprint density at radius 1 is 1.38 bits per heavy atom. The minimum absolute atomic E-state index is 0.254. The van der Waals surface area contributed by atoms with Crippen molar-refractivity contribution < 1.29 is 9.13 Å². The second-order valence-electron chi connectivity index (χ2n) is 5.56. The van der Waals surface area contributed by atoms with Gasteiger partial charge in [0, 0.05) is 18.2 Å². The van der Waals surface area contributed by atoms with E-state index in [1.807, 2.05) is 16.8 Å². The smallest absolute Gasteiger partial charge is 0.167 e. The molecule has 0 bridgehead atoms. The molecule has 1 aliphatic rings. The normalized spacial score (nSPS) is 22.2. The van der Waals surface area contributed by atoms with Crippen molar-refractivity contribution in [2.24, 2.45) is 0 Å². The number of piperidine rings is 1. The molecule has 1 saturated heterocycles. The fourth-order valence-corrected chi connectivity index (χ4v) is 2.96. The predicted octanol–water partition coefficient (Wildman–Crippen LogP) is 3.22. The summed E-state index contributed by atoms with van der Waals surface area (Å²) in [7, 11) is 1.47. The van der Waals surface area contributed by atoms with Crippen molar-refractivity contribution in [2.45, 2.75) is 38.3 Å². The van der Waals surface area contributed by atoms with Crippen LogP contribution in [0.25, 0.3) is 5.69 Å². The zero-order valence-electron chi connectivity index (χ0n) is 12.3. The van der Waals surface area contributed by atoms with Crippen LogP contribution in [0.4, 0.5) is 4.39 Å². The number of methoxy groups -OCH3 is 1. The van der Waals surface area contributed by atoms with Crippen molar-refractivity contribution in [3.8, 4) is 11.4 Å². The van der Waals surface area contributed by atoms with Gasteiger partial charge in [0.05, 0.1) is 31.0 Å². The monoisotopic (exact) mass is 289 g/mol. The molecule has 2 atom stereocenters. The third-order valence-electron chi connectivity index (χ3n) is 4.05. The highest BCUT2D eigenvalue weighted by atomic mass is 19.1. The molecule has 1 aromatic heterocycles. The van der Waals surface area contributed by atoms with Crippen LogP contribution in [0.2, 0.25) is 0 Å². The minimum Gasteiger partial charge on any atom is -0.494 e. The average Bonchev–Trinajstić information content (AvgIpc) is 2.96. The SMILES string of the molecule is COc1ccc(-n2cncc2C2CCCC(C)N2)cc1F. The Labute approximate surface area is 124 Å². The molecule has 0 radical (unpaired) electrons. The highest BCUT2D eigenvalue weighted by Crippen LogP contribution is 2.28. The van der Waals surface area contributed by atoms with Gasteiger partial charge in [-0.05, 0) is 38.3 Å². The maximum Gasteiger partial charge on any atom is 0.167 e. The molecule has 1 aliphatic heterocycles. The number of hydrogen-bond donors (Lipinski definition) is 1. The van der Waals surface area contributed by atoms with Gasteiger partial charge in [0.25, 0.3) is 0 Å². The van der Waals surface area contributed by atoms with Crippen LogP contribution in [0, 0.1) is 5.82 Å². The molecule has 0 amide bonds. The van der Waals surface area contributed by atoms with Crippen LogP contribution in [0.1, 0.15) is 37.9 Å². The molecule has 112 valence electrons. The molecule has 0 aliphatic carbocycles. The van der Waals surface area contributed by atoms with Gasteiger partial charge in [-0.2, -0.15) is 0 Å². The Hall–Kier alpha value is -1.88. The molecule has 0 spiro atoms. The molecular weight excluding hydrogens is 269 g/mol. The van der Waals surface area contributed by atoms with E-state index in [-0.39, 0.29) is 17.6 Å². The standard InChI is InChI=1S/C16H20FN3O/c1-11-4-3-5-14(19-11)15-9-18-10-20(15)12-6-7-16(21-2)13(17)8-12/h6-11,14,19H,3-5H2,1-2H3. The Morgan fingerprint density at radius 2 is 2.24 bits per heavy atom. The summed E-state index contributed by atoms with van der Waals surface area (Å²) < 4.78 is 20.8. The first kappa shape index (κ1) is 14.1. The first-order valence-corrected chi connectivity index (χ1v) is 7.31. The van der Waals surface area contributed by atoms with Crippen LogP contribution in [0.5, 0.6) is 5.75 Å². The lowest BCUT2D eigenvalue weighted by molar-refractivity contribution is 0.334. The van der Waals surface area contributed by atoms with Gasteiger partial charge in [-0.3, -0.25) is 0 Å². The zero-order valence-corrected chi connectivity index (χ0v) is 12.3. The Morgan fingerprint density at radius 3 is 2.95 bits per heavy atom.